The van der Waals surface area contributed by atoms with Crippen molar-refractivity contribution in [2.75, 3.05) is 0 Å². The Bertz CT molecular complexity index is 345. The van der Waals surface area contributed by atoms with E-state index in [0.717, 1.165) is 18.3 Å². The summed E-state index contributed by atoms with van der Waals surface area (Å²) in [5.74, 6) is -0.118. The SMILES string of the molecule is CC(OSI)C(CC=O)Cc1ccc(F)cc1. The van der Waals surface area contributed by atoms with Crippen molar-refractivity contribution in [3.8, 4) is 0 Å². The first kappa shape index (κ1) is 14.9. The minimum absolute atomic E-state index is 0.00727. The summed E-state index contributed by atoms with van der Waals surface area (Å²) >= 11 is 2.06. The maximum absolute atomic E-state index is 12.8. The van der Waals surface area contributed by atoms with Gasteiger partial charge in [-0.05, 0) is 37.0 Å². The number of carbonyl (C=O) groups excluding carboxylic acids is 1. The van der Waals surface area contributed by atoms with Crippen LogP contribution in [-0.4, -0.2) is 12.4 Å². The third-order valence-electron chi connectivity index (χ3n) is 2.66. The highest BCUT2D eigenvalue weighted by Gasteiger charge is 2.18. The molecular weight excluding hydrogens is 354 g/mol. The van der Waals surface area contributed by atoms with Crippen LogP contribution in [0.15, 0.2) is 24.3 Å². The average Bonchev–Trinajstić information content (AvgIpc) is 2.31. The standard InChI is InChI=1S/C12H14FIO2S/c1-9(16-17-14)11(6-7-15)8-10-2-4-12(13)5-3-10/h2-5,7,9,11H,6,8H2,1H3. The average molecular weight is 368 g/mol. The molecule has 2 nitrogen and oxygen atoms in total. The maximum Gasteiger partial charge on any atom is 0.123 e. The van der Waals surface area contributed by atoms with Crippen LogP contribution >= 0.6 is 30.4 Å². The number of carbonyl (C=O) groups is 1. The zero-order chi connectivity index (χ0) is 12.7. The molecule has 94 valence electrons. The molecule has 0 aliphatic heterocycles. The van der Waals surface area contributed by atoms with Gasteiger partial charge in [-0.2, -0.15) is 0 Å². The summed E-state index contributed by atoms with van der Waals surface area (Å²) < 4.78 is 18.2. The van der Waals surface area contributed by atoms with Crippen LogP contribution in [0.1, 0.15) is 18.9 Å². The summed E-state index contributed by atoms with van der Waals surface area (Å²) in [7, 11) is 1.27. The molecular formula is C12H14FIO2S. The molecule has 2 atom stereocenters. The molecule has 0 aliphatic carbocycles. The van der Waals surface area contributed by atoms with Gasteiger partial charge in [0.2, 0.25) is 0 Å². The van der Waals surface area contributed by atoms with Crippen LogP contribution in [0.4, 0.5) is 4.39 Å². The molecule has 1 rings (SSSR count). The lowest BCUT2D eigenvalue weighted by Crippen LogP contribution is -2.21. The van der Waals surface area contributed by atoms with Gasteiger partial charge in [0.25, 0.3) is 0 Å². The highest BCUT2D eigenvalue weighted by Crippen LogP contribution is 2.24. The molecule has 0 amide bonds. The van der Waals surface area contributed by atoms with Gasteiger partial charge in [0.05, 0.1) is 15.3 Å². The smallest absolute Gasteiger partial charge is 0.123 e. The molecule has 0 bridgehead atoms. The maximum atomic E-state index is 12.8. The lowest BCUT2D eigenvalue weighted by Gasteiger charge is -2.20. The first-order valence-electron chi connectivity index (χ1n) is 5.29. The fourth-order valence-corrected chi connectivity index (χ4v) is 2.88. The van der Waals surface area contributed by atoms with E-state index >= 15 is 0 Å². The molecule has 5 heteroatoms. The molecule has 1 aromatic carbocycles. The number of hydrogen-bond donors (Lipinski definition) is 0. The second kappa shape index (κ2) is 8.05. The Labute approximate surface area is 117 Å². The predicted molar refractivity (Wildman–Crippen MR) is 76.4 cm³/mol. The van der Waals surface area contributed by atoms with E-state index in [1.165, 1.54) is 21.3 Å². The van der Waals surface area contributed by atoms with Crippen molar-refractivity contribution in [3.63, 3.8) is 0 Å². The Morgan fingerprint density at radius 1 is 1.47 bits per heavy atom. The number of hydrogen-bond acceptors (Lipinski definition) is 3. The monoisotopic (exact) mass is 368 g/mol. The Morgan fingerprint density at radius 3 is 2.65 bits per heavy atom. The van der Waals surface area contributed by atoms with E-state index in [1.54, 1.807) is 12.1 Å². The van der Waals surface area contributed by atoms with E-state index < -0.39 is 0 Å². The second-order valence-corrected chi connectivity index (χ2v) is 5.25. The van der Waals surface area contributed by atoms with Crippen molar-refractivity contribution in [2.24, 2.45) is 5.92 Å². The number of aldehydes is 1. The molecule has 0 radical (unpaired) electrons. The Balaban J connectivity index is 2.65. The third kappa shape index (κ3) is 5.35. The minimum Gasteiger partial charge on any atom is -0.303 e. The van der Waals surface area contributed by atoms with Gasteiger partial charge in [0, 0.05) is 27.6 Å². The molecule has 0 fully saturated rings. The molecule has 0 N–H and O–H groups in total. The van der Waals surface area contributed by atoms with Crippen molar-refractivity contribution in [1.29, 1.82) is 0 Å². The fourth-order valence-electron chi connectivity index (χ4n) is 1.62. The molecule has 0 spiro atoms. The number of rotatable bonds is 7. The third-order valence-corrected chi connectivity index (χ3v) is 3.66. The van der Waals surface area contributed by atoms with Crippen molar-refractivity contribution in [1.82, 2.24) is 0 Å². The van der Waals surface area contributed by atoms with Crippen molar-refractivity contribution in [3.05, 3.63) is 35.6 Å². The summed E-state index contributed by atoms with van der Waals surface area (Å²) in [6, 6.07) is 6.37. The largest absolute Gasteiger partial charge is 0.303 e. The first-order valence-corrected chi connectivity index (χ1v) is 8.58. The van der Waals surface area contributed by atoms with Gasteiger partial charge in [-0.25, -0.2) is 4.39 Å². The normalized spacial score (nSPS) is 14.3. The highest BCUT2D eigenvalue weighted by molar-refractivity contribution is 14.2. The molecule has 1 aromatic rings. The minimum atomic E-state index is -0.243. The summed E-state index contributed by atoms with van der Waals surface area (Å²) in [6.45, 7) is 1.95. The van der Waals surface area contributed by atoms with Gasteiger partial charge >= 0.3 is 0 Å². The van der Waals surface area contributed by atoms with Crippen LogP contribution < -0.4 is 0 Å². The van der Waals surface area contributed by atoms with E-state index in [4.69, 9.17) is 4.18 Å². The van der Waals surface area contributed by atoms with Crippen molar-refractivity contribution < 1.29 is 13.4 Å². The molecule has 0 aliphatic rings. The lowest BCUT2D eigenvalue weighted by atomic mass is 9.92. The number of halogens is 2. The van der Waals surface area contributed by atoms with Gasteiger partial charge < -0.3 is 8.98 Å². The molecule has 0 aromatic heterocycles. The summed E-state index contributed by atoms with van der Waals surface area (Å²) in [5.41, 5.74) is 1.02. The van der Waals surface area contributed by atoms with Gasteiger partial charge in [0.1, 0.15) is 12.1 Å². The lowest BCUT2D eigenvalue weighted by molar-refractivity contribution is -0.109. The van der Waals surface area contributed by atoms with Gasteiger partial charge in [0.15, 0.2) is 0 Å². The second-order valence-electron chi connectivity index (χ2n) is 3.86. The Kier molecular flexibility index (Phi) is 7.06. The molecule has 0 saturated heterocycles. The van der Waals surface area contributed by atoms with Crippen LogP contribution in [0.25, 0.3) is 0 Å². The van der Waals surface area contributed by atoms with Gasteiger partial charge in [-0.3, -0.25) is 0 Å². The zero-order valence-electron chi connectivity index (χ0n) is 9.44. The summed E-state index contributed by atoms with van der Waals surface area (Å²) in [4.78, 5) is 10.6. The van der Waals surface area contributed by atoms with Crippen LogP contribution in [0, 0.1) is 11.7 Å². The first-order chi connectivity index (χ1) is 8.17. The van der Waals surface area contributed by atoms with E-state index in [2.05, 4.69) is 21.2 Å². The summed E-state index contributed by atoms with van der Waals surface area (Å²) in [6.07, 6.45) is 2.08. The van der Waals surface area contributed by atoms with Crippen LogP contribution in [0.2, 0.25) is 0 Å². The Hall–Kier alpha value is -0.140. The Morgan fingerprint density at radius 2 is 2.12 bits per heavy atom. The van der Waals surface area contributed by atoms with Crippen LogP contribution in [0.5, 0.6) is 0 Å². The van der Waals surface area contributed by atoms with Crippen molar-refractivity contribution >= 4 is 36.7 Å². The fraction of sp³-hybridized carbons (Fsp3) is 0.417. The molecule has 0 saturated carbocycles. The van der Waals surface area contributed by atoms with E-state index in [0.29, 0.717) is 6.42 Å². The van der Waals surface area contributed by atoms with Crippen molar-refractivity contribution in [2.45, 2.75) is 25.9 Å². The van der Waals surface area contributed by atoms with E-state index in [1.807, 2.05) is 6.92 Å². The molecule has 0 heterocycles. The van der Waals surface area contributed by atoms with E-state index in [-0.39, 0.29) is 17.8 Å². The topological polar surface area (TPSA) is 26.3 Å². The highest BCUT2D eigenvalue weighted by atomic mass is 127. The predicted octanol–water partition coefficient (Wildman–Crippen LogP) is 3.98. The number of benzene rings is 1. The zero-order valence-corrected chi connectivity index (χ0v) is 12.4. The van der Waals surface area contributed by atoms with E-state index in [9.17, 15) is 9.18 Å². The summed E-state index contributed by atoms with van der Waals surface area (Å²) in [5, 5.41) is 0. The van der Waals surface area contributed by atoms with Gasteiger partial charge in [-0.1, -0.05) is 12.1 Å². The van der Waals surface area contributed by atoms with Crippen LogP contribution in [-0.2, 0) is 15.4 Å². The quantitative estimate of drug-likeness (QED) is 0.414. The van der Waals surface area contributed by atoms with Gasteiger partial charge in [-0.15, -0.1) is 0 Å². The molecule has 17 heavy (non-hydrogen) atoms. The molecule has 2 unspecified atom stereocenters. The van der Waals surface area contributed by atoms with Crippen LogP contribution in [0.3, 0.4) is 0 Å².